The topological polar surface area (TPSA) is 32.3 Å². The molecule has 1 aliphatic heterocycles. The monoisotopic (exact) mass is 236 g/mol. The van der Waals surface area contributed by atoms with Crippen molar-refractivity contribution in [3.05, 3.63) is 0 Å². The first kappa shape index (κ1) is 11.5. The standard InChI is InChI=1S/C14H24N2O/c1-2-5-13(8-9-13)10-16-11-15-14(12(16)17)6-3-4-7-14/h15H,2-11H2,1H3. The lowest BCUT2D eigenvalue weighted by Crippen LogP contribution is -2.44. The van der Waals surface area contributed by atoms with E-state index >= 15 is 0 Å². The molecule has 0 atom stereocenters. The molecule has 3 fully saturated rings. The second-order valence-corrected chi connectivity index (χ2v) is 6.38. The highest BCUT2D eigenvalue weighted by Gasteiger charge is 2.51. The molecule has 3 rings (SSSR count). The molecule has 0 unspecified atom stereocenters. The summed E-state index contributed by atoms with van der Waals surface area (Å²) >= 11 is 0. The second-order valence-electron chi connectivity index (χ2n) is 6.38. The van der Waals surface area contributed by atoms with Crippen LogP contribution in [0.25, 0.3) is 0 Å². The van der Waals surface area contributed by atoms with E-state index < -0.39 is 0 Å². The van der Waals surface area contributed by atoms with Crippen molar-refractivity contribution < 1.29 is 4.79 Å². The van der Waals surface area contributed by atoms with Gasteiger partial charge in [0.25, 0.3) is 0 Å². The van der Waals surface area contributed by atoms with E-state index in [1.807, 2.05) is 0 Å². The Morgan fingerprint density at radius 2 is 1.94 bits per heavy atom. The summed E-state index contributed by atoms with van der Waals surface area (Å²) in [4.78, 5) is 14.6. The molecular weight excluding hydrogens is 212 g/mol. The van der Waals surface area contributed by atoms with Crippen molar-refractivity contribution in [2.75, 3.05) is 13.2 Å². The number of carbonyl (C=O) groups excluding carboxylic acids is 1. The van der Waals surface area contributed by atoms with Crippen LogP contribution in [0.5, 0.6) is 0 Å². The number of hydrogen-bond acceptors (Lipinski definition) is 2. The lowest BCUT2D eigenvalue weighted by Gasteiger charge is -2.25. The molecule has 17 heavy (non-hydrogen) atoms. The normalized spacial score (nSPS) is 29.2. The summed E-state index contributed by atoms with van der Waals surface area (Å²) in [6, 6.07) is 0. The van der Waals surface area contributed by atoms with Crippen LogP contribution in [0.4, 0.5) is 0 Å². The first-order chi connectivity index (χ1) is 8.20. The molecule has 0 aromatic heterocycles. The first-order valence-corrected chi connectivity index (χ1v) is 7.24. The van der Waals surface area contributed by atoms with Crippen molar-refractivity contribution in [1.82, 2.24) is 10.2 Å². The average Bonchev–Trinajstić information content (AvgIpc) is 2.81. The van der Waals surface area contributed by atoms with Crippen molar-refractivity contribution in [1.29, 1.82) is 0 Å². The largest absolute Gasteiger partial charge is 0.328 e. The maximum atomic E-state index is 12.5. The van der Waals surface area contributed by atoms with Gasteiger partial charge in [-0.25, -0.2) is 0 Å². The Kier molecular flexibility index (Phi) is 2.69. The predicted octanol–water partition coefficient (Wildman–Crippen LogP) is 2.27. The van der Waals surface area contributed by atoms with Gasteiger partial charge in [-0.2, -0.15) is 0 Å². The summed E-state index contributed by atoms with van der Waals surface area (Å²) in [5.41, 5.74) is 0.346. The molecule has 96 valence electrons. The minimum absolute atomic E-state index is 0.151. The smallest absolute Gasteiger partial charge is 0.243 e. The van der Waals surface area contributed by atoms with E-state index in [0.717, 1.165) is 26.1 Å². The molecule has 1 amide bonds. The third kappa shape index (κ3) is 1.88. The van der Waals surface area contributed by atoms with Gasteiger partial charge in [0.2, 0.25) is 5.91 Å². The van der Waals surface area contributed by atoms with E-state index in [9.17, 15) is 4.79 Å². The van der Waals surface area contributed by atoms with Gasteiger partial charge in [0.1, 0.15) is 0 Å². The van der Waals surface area contributed by atoms with Crippen LogP contribution < -0.4 is 5.32 Å². The number of nitrogens with one attached hydrogen (secondary N) is 1. The highest BCUT2D eigenvalue weighted by Crippen LogP contribution is 2.51. The zero-order valence-corrected chi connectivity index (χ0v) is 10.9. The Labute approximate surface area is 104 Å². The number of carbonyl (C=O) groups is 1. The summed E-state index contributed by atoms with van der Waals surface area (Å²) < 4.78 is 0. The lowest BCUT2D eigenvalue weighted by atomic mass is 9.96. The third-order valence-electron chi connectivity index (χ3n) is 5.03. The molecule has 1 saturated heterocycles. The molecule has 3 nitrogen and oxygen atoms in total. The zero-order chi connectivity index (χ0) is 11.9. The van der Waals surface area contributed by atoms with E-state index in [4.69, 9.17) is 0 Å². The van der Waals surface area contributed by atoms with E-state index in [0.29, 0.717) is 11.3 Å². The molecule has 3 heteroatoms. The molecule has 3 aliphatic rings. The molecular formula is C14H24N2O. The molecule has 2 aliphatic carbocycles. The summed E-state index contributed by atoms with van der Waals surface area (Å²) in [5.74, 6) is 0.400. The van der Waals surface area contributed by atoms with Crippen LogP contribution in [0.1, 0.15) is 58.3 Å². The fourth-order valence-corrected chi connectivity index (χ4v) is 3.79. The Hall–Kier alpha value is -0.570. The molecule has 0 aromatic carbocycles. The minimum atomic E-state index is -0.151. The molecule has 2 saturated carbocycles. The lowest BCUT2D eigenvalue weighted by molar-refractivity contribution is -0.133. The van der Waals surface area contributed by atoms with Gasteiger partial charge in [-0.15, -0.1) is 0 Å². The first-order valence-electron chi connectivity index (χ1n) is 7.24. The van der Waals surface area contributed by atoms with E-state index in [1.54, 1.807) is 0 Å². The van der Waals surface area contributed by atoms with E-state index in [2.05, 4.69) is 17.1 Å². The van der Waals surface area contributed by atoms with Crippen LogP contribution in [-0.4, -0.2) is 29.6 Å². The van der Waals surface area contributed by atoms with Crippen LogP contribution in [0.3, 0.4) is 0 Å². The summed E-state index contributed by atoms with van der Waals surface area (Å²) in [6.07, 6.45) is 9.76. The Morgan fingerprint density at radius 1 is 1.24 bits per heavy atom. The van der Waals surface area contributed by atoms with Gasteiger partial charge in [0, 0.05) is 6.54 Å². The Balaban J connectivity index is 1.64. The SMILES string of the molecule is CCCC1(CN2CNC3(CCCC3)C2=O)CC1. The fourth-order valence-electron chi connectivity index (χ4n) is 3.79. The fraction of sp³-hybridized carbons (Fsp3) is 0.929. The number of nitrogens with zero attached hydrogens (tertiary/aromatic N) is 1. The third-order valence-corrected chi connectivity index (χ3v) is 5.03. The van der Waals surface area contributed by atoms with Gasteiger partial charge in [-0.05, 0) is 37.5 Å². The Morgan fingerprint density at radius 3 is 2.53 bits per heavy atom. The summed E-state index contributed by atoms with van der Waals surface area (Å²) in [6.45, 7) is 4.06. The summed E-state index contributed by atoms with van der Waals surface area (Å²) in [5, 5.41) is 3.50. The van der Waals surface area contributed by atoms with Gasteiger partial charge in [0.15, 0.2) is 0 Å². The molecule has 1 heterocycles. The average molecular weight is 236 g/mol. The molecule has 1 spiro atoms. The zero-order valence-electron chi connectivity index (χ0n) is 10.9. The van der Waals surface area contributed by atoms with Gasteiger partial charge in [0.05, 0.1) is 12.2 Å². The van der Waals surface area contributed by atoms with Crippen LogP contribution in [0.15, 0.2) is 0 Å². The number of rotatable bonds is 4. The molecule has 0 radical (unpaired) electrons. The van der Waals surface area contributed by atoms with Crippen molar-refractivity contribution in [2.24, 2.45) is 5.41 Å². The van der Waals surface area contributed by atoms with Gasteiger partial charge < -0.3 is 4.90 Å². The van der Waals surface area contributed by atoms with Crippen molar-refractivity contribution >= 4 is 5.91 Å². The summed E-state index contributed by atoms with van der Waals surface area (Å²) in [7, 11) is 0. The van der Waals surface area contributed by atoms with Gasteiger partial charge in [-0.3, -0.25) is 10.1 Å². The maximum Gasteiger partial charge on any atom is 0.243 e. The van der Waals surface area contributed by atoms with Crippen LogP contribution in [-0.2, 0) is 4.79 Å². The van der Waals surface area contributed by atoms with E-state index in [1.165, 1.54) is 38.5 Å². The van der Waals surface area contributed by atoms with Crippen LogP contribution in [0.2, 0.25) is 0 Å². The highest BCUT2D eigenvalue weighted by atomic mass is 16.2. The quantitative estimate of drug-likeness (QED) is 0.812. The van der Waals surface area contributed by atoms with Crippen molar-refractivity contribution in [2.45, 2.75) is 63.8 Å². The second kappa shape index (κ2) is 3.98. The van der Waals surface area contributed by atoms with E-state index in [-0.39, 0.29) is 5.54 Å². The highest BCUT2D eigenvalue weighted by molar-refractivity contribution is 5.88. The minimum Gasteiger partial charge on any atom is -0.328 e. The van der Waals surface area contributed by atoms with Gasteiger partial charge in [-0.1, -0.05) is 26.2 Å². The predicted molar refractivity (Wildman–Crippen MR) is 67.5 cm³/mol. The Bertz CT molecular complexity index is 316. The molecule has 0 bridgehead atoms. The number of hydrogen-bond donors (Lipinski definition) is 1. The van der Waals surface area contributed by atoms with Crippen LogP contribution >= 0.6 is 0 Å². The van der Waals surface area contributed by atoms with Crippen LogP contribution in [0, 0.1) is 5.41 Å². The van der Waals surface area contributed by atoms with Crippen molar-refractivity contribution in [3.8, 4) is 0 Å². The molecule has 1 N–H and O–H groups in total. The molecule has 0 aromatic rings. The van der Waals surface area contributed by atoms with Gasteiger partial charge >= 0.3 is 0 Å². The number of amides is 1. The van der Waals surface area contributed by atoms with Crippen molar-refractivity contribution in [3.63, 3.8) is 0 Å². The maximum absolute atomic E-state index is 12.5.